The smallest absolute Gasteiger partial charge is 0.289 e. The van der Waals surface area contributed by atoms with Gasteiger partial charge in [-0.15, -0.1) is 17.8 Å². The zero-order valence-corrected chi connectivity index (χ0v) is 14.7. The average Bonchev–Trinajstić information content (AvgIpc) is 3.23. The second kappa shape index (κ2) is 6.91. The van der Waals surface area contributed by atoms with E-state index >= 15 is 0 Å². The third-order valence-electron chi connectivity index (χ3n) is 3.37. The molecule has 1 aromatic carbocycles. The van der Waals surface area contributed by atoms with Crippen LogP contribution in [0.1, 0.15) is 9.67 Å². The molecule has 0 radical (unpaired) electrons. The van der Waals surface area contributed by atoms with Crippen molar-refractivity contribution in [2.24, 2.45) is 4.99 Å². The number of carbonyl (C=O) groups excluding carboxylic acids is 1. The van der Waals surface area contributed by atoms with Crippen LogP contribution in [0.5, 0.6) is 11.5 Å². The van der Waals surface area contributed by atoms with Gasteiger partial charge in [-0.1, -0.05) is 23.3 Å². The largest absolute Gasteiger partial charge is 0.493 e. The summed E-state index contributed by atoms with van der Waals surface area (Å²) < 4.78 is 13.4. The third kappa shape index (κ3) is 2.94. The Balaban J connectivity index is 2.22. The summed E-state index contributed by atoms with van der Waals surface area (Å²) in [6, 6.07) is 7.28. The van der Waals surface area contributed by atoms with E-state index in [1.165, 1.54) is 22.7 Å². The van der Waals surface area contributed by atoms with Crippen LogP contribution in [0.25, 0.3) is 10.2 Å². The molecule has 2 heterocycles. The predicted octanol–water partition coefficient (Wildman–Crippen LogP) is 3.16. The molecule has 5 nitrogen and oxygen atoms in total. The van der Waals surface area contributed by atoms with E-state index in [4.69, 9.17) is 15.9 Å². The first-order valence-electron chi connectivity index (χ1n) is 6.99. The summed E-state index contributed by atoms with van der Waals surface area (Å²) in [4.78, 5) is 17.7. The number of aromatic nitrogens is 1. The Labute approximate surface area is 146 Å². The molecule has 122 valence electrons. The number of thiazole rings is 1. The third-order valence-corrected chi connectivity index (χ3v) is 5.27. The monoisotopic (exact) mass is 358 g/mol. The van der Waals surface area contributed by atoms with E-state index < -0.39 is 0 Å². The van der Waals surface area contributed by atoms with Crippen LogP contribution in [0.3, 0.4) is 0 Å². The summed E-state index contributed by atoms with van der Waals surface area (Å²) in [5.74, 6) is 3.55. The lowest BCUT2D eigenvalue weighted by molar-refractivity contribution is 0.100. The van der Waals surface area contributed by atoms with Gasteiger partial charge in [0, 0.05) is 12.1 Å². The van der Waals surface area contributed by atoms with Gasteiger partial charge in [-0.05, 0) is 11.4 Å². The molecule has 0 saturated carbocycles. The topological polar surface area (TPSA) is 52.8 Å². The van der Waals surface area contributed by atoms with Gasteiger partial charge < -0.3 is 14.0 Å². The maximum absolute atomic E-state index is 12.3. The molecule has 24 heavy (non-hydrogen) atoms. The molecule has 0 saturated heterocycles. The van der Waals surface area contributed by atoms with Gasteiger partial charge in [0.25, 0.3) is 5.91 Å². The van der Waals surface area contributed by atoms with Crippen molar-refractivity contribution in [1.29, 1.82) is 0 Å². The van der Waals surface area contributed by atoms with Crippen LogP contribution >= 0.6 is 22.7 Å². The fourth-order valence-corrected chi connectivity index (χ4v) is 3.91. The molecule has 0 aliphatic heterocycles. The average molecular weight is 358 g/mol. The molecule has 0 fully saturated rings. The molecular formula is C17H14N2O3S2. The number of ether oxygens (including phenoxy) is 2. The molecule has 7 heteroatoms. The van der Waals surface area contributed by atoms with E-state index in [-0.39, 0.29) is 5.91 Å². The number of carbonyl (C=O) groups is 1. The van der Waals surface area contributed by atoms with Gasteiger partial charge in [0.15, 0.2) is 16.3 Å². The number of amides is 1. The standard InChI is InChI=1S/C17H14N2O3S2/c1-4-7-19-11-9-12(21-2)13(22-3)10-15(11)24-17(19)18-16(20)14-6-5-8-23-14/h1,5-6,8-10H,7H2,2-3H3. The van der Waals surface area contributed by atoms with Crippen molar-refractivity contribution >= 4 is 38.8 Å². The first kappa shape index (κ1) is 16.3. The fourth-order valence-electron chi connectivity index (χ4n) is 2.27. The van der Waals surface area contributed by atoms with Crippen LogP contribution in [0.2, 0.25) is 0 Å². The number of rotatable bonds is 4. The summed E-state index contributed by atoms with van der Waals surface area (Å²) in [6.45, 7) is 0.312. The van der Waals surface area contributed by atoms with Crippen LogP contribution in [0, 0.1) is 12.3 Å². The maximum atomic E-state index is 12.3. The van der Waals surface area contributed by atoms with Gasteiger partial charge in [0.2, 0.25) is 0 Å². The molecule has 0 bridgehead atoms. The van der Waals surface area contributed by atoms with Gasteiger partial charge in [-0.2, -0.15) is 4.99 Å². The van der Waals surface area contributed by atoms with Crippen molar-refractivity contribution in [3.63, 3.8) is 0 Å². The predicted molar refractivity (Wildman–Crippen MR) is 96.0 cm³/mol. The zero-order chi connectivity index (χ0) is 17.1. The molecular weight excluding hydrogens is 344 g/mol. The van der Waals surface area contributed by atoms with E-state index in [1.54, 1.807) is 20.3 Å². The highest BCUT2D eigenvalue weighted by Crippen LogP contribution is 2.33. The second-order valence-electron chi connectivity index (χ2n) is 4.74. The molecule has 0 aliphatic carbocycles. The van der Waals surface area contributed by atoms with Crippen molar-refractivity contribution in [2.45, 2.75) is 6.54 Å². The summed E-state index contributed by atoms with van der Waals surface area (Å²) in [5.41, 5.74) is 0.855. The number of thiophene rings is 1. The highest BCUT2D eigenvalue weighted by Gasteiger charge is 2.13. The summed E-state index contributed by atoms with van der Waals surface area (Å²) in [7, 11) is 3.16. The summed E-state index contributed by atoms with van der Waals surface area (Å²) in [5, 5.41) is 1.85. The quantitative estimate of drug-likeness (QED) is 0.673. The number of fused-ring (bicyclic) bond motifs is 1. The number of methoxy groups -OCH3 is 2. The Hall–Kier alpha value is -2.56. The Morgan fingerprint density at radius 3 is 2.71 bits per heavy atom. The van der Waals surface area contributed by atoms with Gasteiger partial charge in [0.1, 0.15) is 0 Å². The molecule has 2 aromatic heterocycles. The number of hydrogen-bond acceptors (Lipinski definition) is 5. The van der Waals surface area contributed by atoms with Gasteiger partial charge in [0.05, 0.1) is 35.9 Å². The van der Waals surface area contributed by atoms with Gasteiger partial charge >= 0.3 is 0 Å². The minimum atomic E-state index is -0.277. The lowest BCUT2D eigenvalue weighted by atomic mass is 10.3. The van der Waals surface area contributed by atoms with E-state index in [9.17, 15) is 4.79 Å². The molecule has 0 N–H and O–H groups in total. The van der Waals surface area contributed by atoms with Crippen molar-refractivity contribution in [2.75, 3.05) is 14.2 Å². The molecule has 0 spiro atoms. The molecule has 0 atom stereocenters. The summed E-state index contributed by atoms with van der Waals surface area (Å²) in [6.07, 6.45) is 5.48. The van der Waals surface area contributed by atoms with Crippen molar-refractivity contribution < 1.29 is 14.3 Å². The van der Waals surface area contributed by atoms with Gasteiger partial charge in [-0.3, -0.25) is 4.79 Å². The van der Waals surface area contributed by atoms with Crippen molar-refractivity contribution in [3.05, 3.63) is 39.3 Å². The zero-order valence-electron chi connectivity index (χ0n) is 13.1. The Morgan fingerprint density at radius 2 is 2.08 bits per heavy atom. The minimum Gasteiger partial charge on any atom is -0.493 e. The summed E-state index contributed by atoms with van der Waals surface area (Å²) >= 11 is 2.75. The first-order chi connectivity index (χ1) is 11.7. The number of hydrogen-bond donors (Lipinski definition) is 0. The SMILES string of the molecule is C#CCn1c(=NC(=O)c2cccs2)sc2cc(OC)c(OC)cc21. The van der Waals surface area contributed by atoms with E-state index in [0.29, 0.717) is 27.7 Å². The van der Waals surface area contributed by atoms with Crippen molar-refractivity contribution in [1.82, 2.24) is 4.57 Å². The van der Waals surface area contributed by atoms with Crippen LogP contribution < -0.4 is 14.3 Å². The highest BCUT2D eigenvalue weighted by atomic mass is 32.1. The van der Waals surface area contributed by atoms with Gasteiger partial charge in [-0.25, -0.2) is 0 Å². The fraction of sp³-hybridized carbons (Fsp3) is 0.176. The maximum Gasteiger partial charge on any atom is 0.289 e. The Bertz CT molecular complexity index is 991. The molecule has 3 rings (SSSR count). The lowest BCUT2D eigenvalue weighted by Crippen LogP contribution is -2.16. The van der Waals surface area contributed by atoms with E-state index in [1.807, 2.05) is 28.1 Å². The van der Waals surface area contributed by atoms with Crippen LogP contribution in [0.15, 0.2) is 34.6 Å². The van der Waals surface area contributed by atoms with E-state index in [0.717, 1.165) is 10.2 Å². The molecule has 0 aliphatic rings. The number of nitrogens with zero attached hydrogens (tertiary/aromatic N) is 2. The Morgan fingerprint density at radius 1 is 1.33 bits per heavy atom. The lowest BCUT2D eigenvalue weighted by Gasteiger charge is -2.08. The minimum absolute atomic E-state index is 0.277. The van der Waals surface area contributed by atoms with Crippen LogP contribution in [0.4, 0.5) is 0 Å². The molecule has 0 unspecified atom stereocenters. The number of benzene rings is 1. The Kier molecular flexibility index (Phi) is 4.69. The second-order valence-corrected chi connectivity index (χ2v) is 6.70. The first-order valence-corrected chi connectivity index (χ1v) is 8.69. The van der Waals surface area contributed by atoms with Crippen molar-refractivity contribution in [3.8, 4) is 23.8 Å². The highest BCUT2D eigenvalue weighted by molar-refractivity contribution is 7.16. The van der Waals surface area contributed by atoms with Crippen LogP contribution in [-0.4, -0.2) is 24.7 Å². The van der Waals surface area contributed by atoms with E-state index in [2.05, 4.69) is 10.9 Å². The van der Waals surface area contributed by atoms with Crippen LogP contribution in [-0.2, 0) is 6.54 Å². The number of terminal acetylenes is 1. The molecule has 3 aromatic rings. The molecule has 1 amide bonds. The normalized spacial score (nSPS) is 11.5.